The van der Waals surface area contributed by atoms with Crippen molar-refractivity contribution < 1.29 is 4.42 Å². The highest BCUT2D eigenvalue weighted by Crippen LogP contribution is 2.26. The molecular formula is C11H10N2O2. The molecule has 0 aliphatic carbocycles. The summed E-state index contributed by atoms with van der Waals surface area (Å²) in [6, 6.07) is 4.95. The zero-order valence-corrected chi connectivity index (χ0v) is 8.50. The van der Waals surface area contributed by atoms with Crippen LogP contribution in [-0.4, -0.2) is 0 Å². The molecule has 1 N–H and O–H groups in total. The van der Waals surface area contributed by atoms with E-state index in [0.29, 0.717) is 11.3 Å². The van der Waals surface area contributed by atoms with Crippen LogP contribution in [0.1, 0.15) is 11.1 Å². The lowest BCUT2D eigenvalue weighted by Gasteiger charge is -2.03. The van der Waals surface area contributed by atoms with Crippen molar-refractivity contribution in [2.75, 3.05) is 0 Å². The smallest absolute Gasteiger partial charge is 0.336 e. The van der Waals surface area contributed by atoms with Crippen LogP contribution in [0.4, 0.5) is 5.69 Å². The van der Waals surface area contributed by atoms with Gasteiger partial charge in [0.25, 0.3) is 0 Å². The quantitative estimate of drug-likeness (QED) is 0.570. The maximum absolute atomic E-state index is 11.1. The van der Waals surface area contributed by atoms with Crippen LogP contribution in [0.3, 0.4) is 0 Å². The molecular weight excluding hydrogens is 192 g/mol. The number of nitrogens with one attached hydrogen (secondary N) is 1. The molecule has 1 aromatic heterocycles. The predicted molar refractivity (Wildman–Crippen MR) is 56.8 cm³/mol. The van der Waals surface area contributed by atoms with Crippen LogP contribution in [0.5, 0.6) is 0 Å². The van der Waals surface area contributed by atoms with Crippen LogP contribution in [0.2, 0.25) is 0 Å². The molecule has 0 aliphatic heterocycles. The van der Waals surface area contributed by atoms with E-state index in [1.807, 2.05) is 19.9 Å². The Morgan fingerprint density at radius 3 is 2.60 bits per heavy atom. The highest BCUT2D eigenvalue weighted by molar-refractivity contribution is 5.84. The first-order valence-electron chi connectivity index (χ1n) is 4.54. The number of benzene rings is 1. The van der Waals surface area contributed by atoms with Gasteiger partial charge in [0.15, 0.2) is 0 Å². The second-order valence-electron chi connectivity index (χ2n) is 3.50. The summed E-state index contributed by atoms with van der Waals surface area (Å²) in [6.07, 6.45) is 0. The molecule has 4 nitrogen and oxygen atoms in total. The van der Waals surface area contributed by atoms with Gasteiger partial charge < -0.3 is 4.42 Å². The Morgan fingerprint density at radius 1 is 1.20 bits per heavy atom. The molecule has 2 aromatic rings. The van der Waals surface area contributed by atoms with E-state index in [4.69, 9.17) is 9.95 Å². The summed E-state index contributed by atoms with van der Waals surface area (Å²) >= 11 is 0. The SMILES string of the molecule is Cc1cc2c(C)cc(=O)oc2cc1N=N. The summed E-state index contributed by atoms with van der Waals surface area (Å²) in [4.78, 5) is 11.1. The van der Waals surface area contributed by atoms with E-state index < -0.39 is 0 Å². The summed E-state index contributed by atoms with van der Waals surface area (Å²) in [7, 11) is 0. The molecule has 1 aromatic carbocycles. The third kappa shape index (κ3) is 1.54. The second-order valence-corrected chi connectivity index (χ2v) is 3.50. The van der Waals surface area contributed by atoms with E-state index in [2.05, 4.69) is 5.11 Å². The van der Waals surface area contributed by atoms with Crippen molar-refractivity contribution in [3.05, 3.63) is 39.7 Å². The number of hydrogen-bond donors (Lipinski definition) is 1. The van der Waals surface area contributed by atoms with E-state index in [0.717, 1.165) is 16.5 Å². The lowest BCUT2D eigenvalue weighted by Crippen LogP contribution is -1.97. The first-order valence-corrected chi connectivity index (χ1v) is 4.54. The number of nitrogens with zero attached hydrogens (tertiary/aromatic N) is 1. The fourth-order valence-electron chi connectivity index (χ4n) is 1.58. The Morgan fingerprint density at radius 2 is 1.93 bits per heavy atom. The molecule has 0 fully saturated rings. The van der Waals surface area contributed by atoms with E-state index in [-0.39, 0.29) is 5.63 Å². The highest BCUT2D eigenvalue weighted by atomic mass is 16.4. The molecule has 76 valence electrons. The molecule has 0 atom stereocenters. The van der Waals surface area contributed by atoms with Gasteiger partial charge in [-0.2, -0.15) is 5.11 Å². The van der Waals surface area contributed by atoms with Crippen LogP contribution in [0.25, 0.3) is 11.0 Å². The van der Waals surface area contributed by atoms with Crippen molar-refractivity contribution >= 4 is 16.7 Å². The third-order valence-electron chi connectivity index (χ3n) is 2.39. The number of hydrogen-bond acceptors (Lipinski definition) is 4. The third-order valence-corrected chi connectivity index (χ3v) is 2.39. The van der Waals surface area contributed by atoms with Crippen LogP contribution in [0.15, 0.2) is 32.5 Å². The normalized spacial score (nSPS) is 10.5. The van der Waals surface area contributed by atoms with Crippen molar-refractivity contribution in [2.24, 2.45) is 5.11 Å². The Kier molecular flexibility index (Phi) is 2.11. The zero-order valence-electron chi connectivity index (χ0n) is 8.50. The van der Waals surface area contributed by atoms with Crippen molar-refractivity contribution in [2.45, 2.75) is 13.8 Å². The average Bonchev–Trinajstić information content (AvgIpc) is 2.18. The largest absolute Gasteiger partial charge is 0.423 e. The van der Waals surface area contributed by atoms with Crippen LogP contribution in [-0.2, 0) is 0 Å². The Bertz CT molecular complexity index is 599. The number of fused-ring (bicyclic) bond motifs is 1. The van der Waals surface area contributed by atoms with Crippen molar-refractivity contribution in [1.82, 2.24) is 0 Å². The summed E-state index contributed by atoms with van der Waals surface area (Å²) in [5, 5.41) is 4.26. The number of aryl methyl sites for hydroxylation is 2. The topological polar surface area (TPSA) is 66.4 Å². The minimum absolute atomic E-state index is 0.375. The molecule has 0 saturated heterocycles. The first-order chi connectivity index (χ1) is 7.11. The predicted octanol–water partition coefficient (Wildman–Crippen LogP) is 3.07. The van der Waals surface area contributed by atoms with Crippen molar-refractivity contribution in [3.8, 4) is 0 Å². The Balaban J connectivity index is 2.93. The van der Waals surface area contributed by atoms with Gasteiger partial charge in [0.2, 0.25) is 0 Å². The fourth-order valence-corrected chi connectivity index (χ4v) is 1.58. The lowest BCUT2D eigenvalue weighted by molar-refractivity contribution is 0.560. The maximum Gasteiger partial charge on any atom is 0.336 e. The summed E-state index contributed by atoms with van der Waals surface area (Å²) in [5.41, 5.74) is 9.38. The van der Waals surface area contributed by atoms with E-state index in [1.165, 1.54) is 6.07 Å². The van der Waals surface area contributed by atoms with Crippen molar-refractivity contribution in [1.29, 1.82) is 5.53 Å². The Labute approximate surface area is 86.0 Å². The zero-order chi connectivity index (χ0) is 11.0. The maximum atomic E-state index is 11.1. The lowest BCUT2D eigenvalue weighted by atomic mass is 10.1. The summed E-state index contributed by atoms with van der Waals surface area (Å²) in [6.45, 7) is 3.73. The van der Waals surface area contributed by atoms with Gasteiger partial charge in [-0.25, -0.2) is 10.3 Å². The van der Waals surface area contributed by atoms with Crippen LogP contribution < -0.4 is 5.63 Å². The van der Waals surface area contributed by atoms with Crippen LogP contribution >= 0.6 is 0 Å². The molecule has 0 aliphatic rings. The molecule has 0 spiro atoms. The summed E-state index contributed by atoms with van der Waals surface area (Å²) in [5.74, 6) is 0. The average molecular weight is 202 g/mol. The van der Waals surface area contributed by atoms with Gasteiger partial charge in [-0.3, -0.25) is 0 Å². The van der Waals surface area contributed by atoms with Gasteiger partial charge in [0.05, 0.1) is 5.69 Å². The molecule has 4 heteroatoms. The molecule has 1 heterocycles. The minimum Gasteiger partial charge on any atom is -0.423 e. The Hall–Kier alpha value is -1.97. The van der Waals surface area contributed by atoms with Gasteiger partial charge in [-0.1, -0.05) is 0 Å². The highest BCUT2D eigenvalue weighted by Gasteiger charge is 2.05. The fraction of sp³-hybridized carbons (Fsp3) is 0.182. The molecule has 0 bridgehead atoms. The van der Waals surface area contributed by atoms with Gasteiger partial charge in [0, 0.05) is 17.5 Å². The molecule has 15 heavy (non-hydrogen) atoms. The van der Waals surface area contributed by atoms with Gasteiger partial charge in [-0.05, 0) is 31.0 Å². The molecule has 0 unspecified atom stereocenters. The van der Waals surface area contributed by atoms with Crippen LogP contribution in [0, 0.1) is 19.4 Å². The van der Waals surface area contributed by atoms with E-state index >= 15 is 0 Å². The minimum atomic E-state index is -0.375. The van der Waals surface area contributed by atoms with E-state index in [9.17, 15) is 4.79 Å². The van der Waals surface area contributed by atoms with Gasteiger partial charge in [0.1, 0.15) is 5.58 Å². The molecule has 0 amide bonds. The van der Waals surface area contributed by atoms with Gasteiger partial charge >= 0.3 is 5.63 Å². The van der Waals surface area contributed by atoms with Gasteiger partial charge in [-0.15, -0.1) is 0 Å². The molecule has 2 rings (SSSR count). The molecule has 0 radical (unpaired) electrons. The first kappa shape index (κ1) is 9.58. The molecule has 0 saturated carbocycles. The van der Waals surface area contributed by atoms with E-state index in [1.54, 1.807) is 6.07 Å². The standard InChI is InChI=1S/C11H10N2O2/c1-6-4-11(14)15-10-5-9(13-12)7(2)3-8(6)10/h3-5,12H,1-2H3. The monoisotopic (exact) mass is 202 g/mol. The summed E-state index contributed by atoms with van der Waals surface area (Å²) < 4.78 is 5.04. The second kappa shape index (κ2) is 3.31. The number of rotatable bonds is 1. The van der Waals surface area contributed by atoms with Crippen molar-refractivity contribution in [3.63, 3.8) is 0 Å².